The SMILES string of the molecule is COC(=O)CCCC1(c2ccccc2)C2C3CC4CC5CC6CC7CC8CC9=CC%10CC21C1C%10C2C9C9C8C7C7C6C6C5C4C4C3C1C1C2C9C7C6C41. The average Bonchev–Trinajstić information content (AvgIpc) is 3.86. The van der Waals surface area contributed by atoms with Gasteiger partial charge < -0.3 is 4.74 Å². The van der Waals surface area contributed by atoms with E-state index in [-0.39, 0.29) is 11.4 Å². The summed E-state index contributed by atoms with van der Waals surface area (Å²) in [6, 6.07) is 12.3. The molecule has 17 aliphatic rings. The number of rotatable bonds is 5. The molecule has 2 nitrogen and oxygen atoms in total. The maximum absolute atomic E-state index is 12.8. The van der Waals surface area contributed by atoms with Crippen LogP contribution in [0.2, 0.25) is 0 Å². The zero-order valence-corrected chi connectivity index (χ0v) is 31.6. The molecule has 16 fully saturated rings. The van der Waals surface area contributed by atoms with Gasteiger partial charge in [-0.3, -0.25) is 4.79 Å². The van der Waals surface area contributed by atoms with E-state index in [4.69, 9.17) is 4.74 Å². The fraction of sp³-hybridized carbons (Fsp3) is 0.824. The highest BCUT2D eigenvalue weighted by atomic mass is 16.5. The largest absolute Gasteiger partial charge is 0.469 e. The van der Waals surface area contributed by atoms with E-state index < -0.39 is 0 Å². The van der Waals surface area contributed by atoms with Gasteiger partial charge in [0.1, 0.15) is 0 Å². The first-order valence-electron chi connectivity index (χ1n) is 24.0. The van der Waals surface area contributed by atoms with Crippen LogP contribution in [-0.2, 0) is 14.9 Å². The van der Waals surface area contributed by atoms with Crippen molar-refractivity contribution >= 4 is 5.97 Å². The predicted molar refractivity (Wildman–Crippen MR) is 198 cm³/mol. The summed E-state index contributed by atoms with van der Waals surface area (Å²) in [5, 5.41) is 0. The molecule has 0 N–H and O–H groups in total. The Kier molecular flexibility index (Phi) is 4.26. The minimum absolute atomic E-state index is 0.0227. The molecule has 18 rings (SSSR count). The van der Waals surface area contributed by atoms with Crippen LogP contribution < -0.4 is 0 Å². The van der Waals surface area contributed by atoms with Gasteiger partial charge in [0, 0.05) is 11.8 Å². The zero-order chi connectivity index (χ0) is 33.5. The Morgan fingerprint density at radius 1 is 0.642 bits per heavy atom. The Balaban J connectivity index is 0.937. The molecule has 31 atom stereocenters. The summed E-state index contributed by atoms with van der Waals surface area (Å²) in [7, 11) is 1.62. The number of ether oxygens (including phenoxy) is 1. The van der Waals surface area contributed by atoms with Crippen LogP contribution in [0.3, 0.4) is 0 Å². The Bertz CT molecular complexity index is 2020. The van der Waals surface area contributed by atoms with Crippen LogP contribution >= 0.6 is 0 Å². The number of hydrogen-bond donors (Lipinski definition) is 0. The molecule has 1 aromatic carbocycles. The highest BCUT2D eigenvalue weighted by Gasteiger charge is 2.95. The smallest absolute Gasteiger partial charge is 0.305 e. The molecule has 1 spiro atoms. The van der Waals surface area contributed by atoms with Crippen molar-refractivity contribution in [3.05, 3.63) is 47.5 Å². The monoisotopic (exact) mass is 702 g/mol. The summed E-state index contributed by atoms with van der Waals surface area (Å²) in [6.07, 6.45) is 17.4. The van der Waals surface area contributed by atoms with Crippen molar-refractivity contribution in [3.8, 4) is 0 Å². The van der Waals surface area contributed by atoms with E-state index in [0.717, 1.165) is 148 Å². The lowest BCUT2D eigenvalue weighted by atomic mass is 9.42. The van der Waals surface area contributed by atoms with Gasteiger partial charge in [0.2, 0.25) is 0 Å². The second-order valence-electron chi connectivity index (χ2n) is 24.8. The van der Waals surface area contributed by atoms with Crippen LogP contribution in [0.1, 0.15) is 69.8 Å². The number of benzene rings is 1. The van der Waals surface area contributed by atoms with Gasteiger partial charge in [-0.15, -0.1) is 0 Å². The van der Waals surface area contributed by atoms with Crippen LogP contribution in [0.4, 0.5) is 0 Å². The van der Waals surface area contributed by atoms with Gasteiger partial charge in [-0.25, -0.2) is 0 Å². The van der Waals surface area contributed by atoms with Crippen LogP contribution in [0, 0.1) is 177 Å². The first kappa shape index (κ1) is 27.9. The number of esters is 1. The zero-order valence-electron chi connectivity index (χ0n) is 31.6. The highest BCUT2D eigenvalue weighted by Crippen LogP contribution is 2.98. The van der Waals surface area contributed by atoms with E-state index in [0.29, 0.717) is 11.8 Å². The van der Waals surface area contributed by atoms with Gasteiger partial charge in [-0.1, -0.05) is 42.0 Å². The summed E-state index contributed by atoms with van der Waals surface area (Å²) in [5.74, 6) is 31.6. The van der Waals surface area contributed by atoms with E-state index in [9.17, 15) is 4.79 Å². The van der Waals surface area contributed by atoms with Gasteiger partial charge in [-0.2, -0.15) is 0 Å². The molecule has 0 amide bonds. The maximum Gasteiger partial charge on any atom is 0.305 e. The molecule has 0 heterocycles. The molecule has 0 saturated heterocycles. The lowest BCUT2D eigenvalue weighted by molar-refractivity contribution is -0.153. The standard InChI is InChI=1S/C51H58O2/c1-53-27(52)8-5-9-50(25-6-3-2-4-7-25)49-26-16-23-14-20-12-21-11-18-10-19-13-22-15-24-17-51(49,50)48-34(24)39-33(22)38-29(19)28(18)36-32(21)37-30(20)31(23)40-35(26)47(48)46-44(39)42(38)41(36)43(37)45(40)46/h2-4,6-7,15,18-21,23-24,26,28-49H,5,8-14,16-17H2,1H3. The number of carbonyl (C=O) groups excluding carboxylic acids is 1. The van der Waals surface area contributed by atoms with Crippen molar-refractivity contribution in [1.29, 1.82) is 0 Å². The van der Waals surface area contributed by atoms with Crippen LogP contribution in [0.15, 0.2) is 42.0 Å². The Morgan fingerprint density at radius 2 is 1.21 bits per heavy atom. The van der Waals surface area contributed by atoms with Gasteiger partial charge in [0.15, 0.2) is 0 Å². The molecule has 31 unspecified atom stereocenters. The topological polar surface area (TPSA) is 26.3 Å². The van der Waals surface area contributed by atoms with E-state index in [2.05, 4.69) is 42.0 Å². The number of allylic oxidation sites excluding steroid dienone is 2. The minimum atomic E-state index is 0.0227. The van der Waals surface area contributed by atoms with Gasteiger partial charge in [0.25, 0.3) is 0 Å². The third-order valence-electron chi connectivity index (χ3n) is 25.8. The minimum Gasteiger partial charge on any atom is -0.469 e. The summed E-state index contributed by atoms with van der Waals surface area (Å²) < 4.78 is 5.32. The van der Waals surface area contributed by atoms with E-state index in [1.807, 2.05) is 0 Å². The first-order valence-corrected chi connectivity index (χ1v) is 24.0. The molecule has 53 heavy (non-hydrogen) atoms. The molecule has 0 bridgehead atoms. The quantitative estimate of drug-likeness (QED) is 0.226. The van der Waals surface area contributed by atoms with Gasteiger partial charge in [0.05, 0.1) is 7.11 Å². The molecular weight excluding hydrogens is 645 g/mol. The molecule has 0 aromatic heterocycles. The number of hydrogen-bond acceptors (Lipinski definition) is 2. The summed E-state index contributed by atoms with van der Waals surface area (Å²) in [6.45, 7) is 0. The Hall–Kier alpha value is -1.57. The number of fused-ring (bicyclic) bond motifs is 1. The fourth-order valence-corrected chi connectivity index (χ4v) is 27.6. The lowest BCUT2D eigenvalue weighted by Gasteiger charge is -2.62. The second-order valence-corrected chi connectivity index (χ2v) is 24.8. The molecule has 274 valence electrons. The van der Waals surface area contributed by atoms with Gasteiger partial charge >= 0.3 is 5.97 Å². The lowest BCUT2D eigenvalue weighted by Crippen LogP contribution is -2.59. The first-order chi connectivity index (χ1) is 26.2. The highest BCUT2D eigenvalue weighted by molar-refractivity contribution is 5.69. The Labute approximate surface area is 315 Å². The van der Waals surface area contributed by atoms with Crippen LogP contribution in [-0.4, -0.2) is 13.1 Å². The molecule has 1 aromatic rings. The number of carbonyl (C=O) groups is 1. The summed E-state index contributed by atoms with van der Waals surface area (Å²) in [5.41, 5.74) is 4.59. The molecule has 0 radical (unpaired) electrons. The van der Waals surface area contributed by atoms with E-state index in [1.165, 1.54) is 42.4 Å². The van der Waals surface area contributed by atoms with Crippen molar-refractivity contribution in [3.63, 3.8) is 0 Å². The normalized spacial score (nSPS) is 72.8. The number of methoxy groups -OCH3 is 1. The third-order valence-corrected chi connectivity index (χ3v) is 25.8. The fourth-order valence-electron chi connectivity index (χ4n) is 27.6. The molecule has 2 heteroatoms. The summed E-state index contributed by atoms with van der Waals surface area (Å²) >= 11 is 0. The van der Waals surface area contributed by atoms with Crippen molar-refractivity contribution in [1.82, 2.24) is 0 Å². The van der Waals surface area contributed by atoms with Crippen LogP contribution in [0.5, 0.6) is 0 Å². The predicted octanol–water partition coefficient (Wildman–Crippen LogP) is 9.01. The molecular formula is C51H58O2. The van der Waals surface area contributed by atoms with Crippen molar-refractivity contribution in [2.45, 2.75) is 69.6 Å². The average molecular weight is 703 g/mol. The molecule has 16 saturated carbocycles. The second kappa shape index (κ2) is 8.09. The van der Waals surface area contributed by atoms with E-state index >= 15 is 0 Å². The maximum atomic E-state index is 12.8. The van der Waals surface area contributed by atoms with Gasteiger partial charge in [-0.05, 0) is 240 Å². The van der Waals surface area contributed by atoms with Crippen LogP contribution in [0.25, 0.3) is 0 Å². The van der Waals surface area contributed by atoms with Crippen molar-refractivity contribution < 1.29 is 9.53 Å². The summed E-state index contributed by atoms with van der Waals surface area (Å²) in [4.78, 5) is 12.8. The van der Waals surface area contributed by atoms with Crippen molar-refractivity contribution in [2.24, 2.45) is 177 Å². The molecule has 17 aliphatic carbocycles. The molecule has 0 aliphatic heterocycles. The van der Waals surface area contributed by atoms with E-state index in [1.54, 1.807) is 51.2 Å². The third kappa shape index (κ3) is 2.37. The Morgan fingerprint density at radius 3 is 1.92 bits per heavy atom. The van der Waals surface area contributed by atoms with Crippen molar-refractivity contribution in [2.75, 3.05) is 7.11 Å².